The molecular weight excluding hydrogens is 427 g/mol. The van der Waals surface area contributed by atoms with Crippen LogP contribution in [0.5, 0.6) is 0 Å². The van der Waals surface area contributed by atoms with Crippen molar-refractivity contribution in [3.05, 3.63) is 57.9 Å². The lowest BCUT2D eigenvalue weighted by Gasteiger charge is -2.38. The van der Waals surface area contributed by atoms with E-state index in [1.54, 1.807) is 13.2 Å². The highest BCUT2D eigenvalue weighted by Gasteiger charge is 2.46. The molecule has 32 heavy (non-hydrogen) atoms. The maximum Gasteiger partial charge on any atom is 0.181 e. The lowest BCUT2D eigenvalue weighted by molar-refractivity contribution is 0.0426. The number of aryl methyl sites for hydroxylation is 1. The first-order chi connectivity index (χ1) is 15.3. The van der Waals surface area contributed by atoms with Gasteiger partial charge in [-0.3, -0.25) is 4.99 Å². The summed E-state index contributed by atoms with van der Waals surface area (Å²) in [5, 5.41) is 9.21. The number of hydrogen-bond acceptors (Lipinski definition) is 5. The van der Waals surface area contributed by atoms with Crippen LogP contribution < -0.4 is 5.73 Å². The van der Waals surface area contributed by atoms with Gasteiger partial charge in [0.2, 0.25) is 0 Å². The minimum absolute atomic E-state index is 0.0780. The van der Waals surface area contributed by atoms with Crippen LogP contribution >= 0.6 is 11.6 Å². The molecule has 2 N–H and O–H groups in total. The summed E-state index contributed by atoms with van der Waals surface area (Å²) in [5.74, 6) is -0.0596. The molecule has 4 rings (SSSR count). The van der Waals surface area contributed by atoms with Gasteiger partial charge in [-0.15, -0.1) is 0 Å². The summed E-state index contributed by atoms with van der Waals surface area (Å²) in [6.07, 6.45) is 4.01. The van der Waals surface area contributed by atoms with Crippen LogP contribution in [0.1, 0.15) is 49.3 Å². The summed E-state index contributed by atoms with van der Waals surface area (Å²) >= 11 is 6.06. The molecule has 0 amide bonds. The van der Waals surface area contributed by atoms with Gasteiger partial charge >= 0.3 is 0 Å². The molecule has 1 aliphatic carbocycles. The average molecular weight is 453 g/mol. The molecule has 0 spiro atoms. The molecule has 166 valence electrons. The average Bonchev–Trinajstić information content (AvgIpc) is 3.11. The molecule has 7 heteroatoms. The maximum absolute atomic E-state index is 14.1. The van der Waals surface area contributed by atoms with Crippen molar-refractivity contribution in [3.8, 4) is 17.2 Å². The van der Waals surface area contributed by atoms with Gasteiger partial charge < -0.3 is 10.5 Å². The summed E-state index contributed by atoms with van der Waals surface area (Å²) in [6, 6.07) is 10.9. The normalized spacial score (nSPS) is 25.2. The predicted octanol–water partition coefficient (Wildman–Crippen LogP) is 5.52. The van der Waals surface area contributed by atoms with E-state index in [4.69, 9.17) is 32.1 Å². The van der Waals surface area contributed by atoms with Crippen LogP contribution in [0.25, 0.3) is 11.1 Å². The Morgan fingerprint density at radius 3 is 2.44 bits per heavy atom. The number of aliphatic imine (C=N–C) groups is 2. The number of halogens is 2. The summed E-state index contributed by atoms with van der Waals surface area (Å²) in [6.45, 7) is 3.92. The number of nitrogens with two attached hydrogens (primary N) is 1. The van der Waals surface area contributed by atoms with Gasteiger partial charge in [-0.1, -0.05) is 23.7 Å². The molecule has 2 aliphatic rings. The van der Waals surface area contributed by atoms with E-state index in [2.05, 4.69) is 0 Å². The molecule has 1 aliphatic heterocycles. The maximum atomic E-state index is 14.1. The van der Waals surface area contributed by atoms with Crippen LogP contribution in [0.2, 0.25) is 5.02 Å². The van der Waals surface area contributed by atoms with Crippen molar-refractivity contribution >= 4 is 23.1 Å². The lowest BCUT2D eigenvalue weighted by atomic mass is 9.74. The van der Waals surface area contributed by atoms with Crippen molar-refractivity contribution in [3.63, 3.8) is 0 Å². The molecule has 1 atom stereocenters. The van der Waals surface area contributed by atoms with Gasteiger partial charge in [0.25, 0.3) is 0 Å². The van der Waals surface area contributed by atoms with Gasteiger partial charge in [0.1, 0.15) is 11.9 Å². The monoisotopic (exact) mass is 452 g/mol. The molecule has 1 fully saturated rings. The number of nitriles is 1. The van der Waals surface area contributed by atoms with E-state index >= 15 is 0 Å². The number of ether oxygens (including phenoxy) is 1. The van der Waals surface area contributed by atoms with E-state index in [1.807, 2.05) is 38.1 Å². The van der Waals surface area contributed by atoms with Crippen LogP contribution in [0, 0.1) is 30.0 Å². The fourth-order valence-electron chi connectivity index (χ4n) is 4.86. The Morgan fingerprint density at radius 1 is 1.12 bits per heavy atom. The van der Waals surface area contributed by atoms with E-state index < -0.39 is 11.5 Å². The standard InChI is InChI=1S/C25H26ClFN4O/c1-14-4-5-16(17-10-18(13-28)23(27)22(26)12-17)11-21(14)25(30-15(2)24(29)31-25)19-6-8-20(32-3)9-7-19/h4-5,10-12,19-20H,6-9H2,1-3H3,(H2,29,31). The first-order valence-corrected chi connectivity index (χ1v) is 11.1. The van der Waals surface area contributed by atoms with Gasteiger partial charge in [0.15, 0.2) is 11.5 Å². The Bertz CT molecular complexity index is 1140. The number of amidine groups is 1. The first-order valence-electron chi connectivity index (χ1n) is 10.7. The number of rotatable bonds is 4. The zero-order valence-electron chi connectivity index (χ0n) is 18.5. The second-order valence-corrected chi connectivity index (χ2v) is 9.00. The minimum Gasteiger partial charge on any atom is -0.382 e. The molecule has 0 bridgehead atoms. The predicted molar refractivity (Wildman–Crippen MR) is 125 cm³/mol. The van der Waals surface area contributed by atoms with Gasteiger partial charge in [-0.05, 0) is 74.4 Å². The molecule has 0 radical (unpaired) electrons. The summed E-state index contributed by atoms with van der Waals surface area (Å²) in [7, 11) is 1.76. The number of benzene rings is 2. The van der Waals surface area contributed by atoms with E-state index in [9.17, 15) is 9.65 Å². The Kier molecular flexibility index (Phi) is 6.07. The van der Waals surface area contributed by atoms with E-state index in [-0.39, 0.29) is 22.6 Å². The lowest BCUT2D eigenvalue weighted by Crippen LogP contribution is -2.36. The second kappa shape index (κ2) is 8.65. The van der Waals surface area contributed by atoms with Crippen LogP contribution in [0.3, 0.4) is 0 Å². The van der Waals surface area contributed by atoms with Crippen molar-refractivity contribution in [1.82, 2.24) is 0 Å². The Labute approximate surface area is 192 Å². The van der Waals surface area contributed by atoms with Crippen LogP contribution in [0.15, 0.2) is 40.3 Å². The van der Waals surface area contributed by atoms with E-state index in [0.717, 1.165) is 48.1 Å². The zero-order chi connectivity index (χ0) is 23.0. The Balaban J connectivity index is 1.84. The molecular formula is C25H26ClFN4O. The van der Waals surface area contributed by atoms with Crippen LogP contribution in [-0.4, -0.2) is 24.8 Å². The quantitative estimate of drug-likeness (QED) is 0.663. The third-order valence-electron chi connectivity index (χ3n) is 6.69. The molecule has 2 aromatic rings. The van der Waals surface area contributed by atoms with Crippen molar-refractivity contribution in [1.29, 1.82) is 5.26 Å². The molecule has 1 saturated carbocycles. The molecule has 1 heterocycles. The van der Waals surface area contributed by atoms with Gasteiger partial charge in [-0.25, -0.2) is 9.38 Å². The van der Waals surface area contributed by atoms with Gasteiger partial charge in [-0.2, -0.15) is 5.26 Å². The molecule has 0 aromatic heterocycles. The zero-order valence-corrected chi connectivity index (χ0v) is 19.2. The SMILES string of the molecule is COC1CCC(C2(c3cc(-c4cc(Cl)c(F)c(C#N)c4)ccc3C)N=C(C)C(N)=N2)CC1. The fourth-order valence-corrected chi connectivity index (χ4v) is 5.08. The van der Waals surface area contributed by atoms with Crippen molar-refractivity contribution in [2.45, 2.75) is 51.3 Å². The summed E-state index contributed by atoms with van der Waals surface area (Å²) < 4.78 is 19.7. The number of methoxy groups -OCH3 is 1. The van der Waals surface area contributed by atoms with Crippen LogP contribution in [-0.2, 0) is 10.4 Å². The van der Waals surface area contributed by atoms with Crippen molar-refractivity contribution in [2.24, 2.45) is 21.6 Å². The third kappa shape index (κ3) is 3.80. The Hall–Kier alpha value is -2.75. The molecule has 1 unspecified atom stereocenters. The number of nitrogens with zero attached hydrogens (tertiary/aromatic N) is 3. The molecule has 5 nitrogen and oxygen atoms in total. The smallest absolute Gasteiger partial charge is 0.181 e. The van der Waals surface area contributed by atoms with E-state index in [0.29, 0.717) is 11.4 Å². The largest absolute Gasteiger partial charge is 0.382 e. The Morgan fingerprint density at radius 2 is 1.84 bits per heavy atom. The highest BCUT2D eigenvalue weighted by atomic mass is 35.5. The molecule has 0 saturated heterocycles. The number of hydrogen-bond donors (Lipinski definition) is 1. The second-order valence-electron chi connectivity index (χ2n) is 8.59. The molecule has 2 aromatic carbocycles. The fraction of sp³-hybridized carbons (Fsp3) is 0.400. The van der Waals surface area contributed by atoms with Gasteiger partial charge in [0, 0.05) is 18.6 Å². The third-order valence-corrected chi connectivity index (χ3v) is 6.97. The van der Waals surface area contributed by atoms with Crippen molar-refractivity contribution in [2.75, 3.05) is 7.11 Å². The summed E-state index contributed by atoms with van der Waals surface area (Å²) in [4.78, 5) is 9.93. The van der Waals surface area contributed by atoms with Crippen LogP contribution in [0.4, 0.5) is 4.39 Å². The minimum atomic E-state index is -0.797. The topological polar surface area (TPSA) is 83.8 Å². The highest BCUT2D eigenvalue weighted by Crippen LogP contribution is 2.47. The van der Waals surface area contributed by atoms with Gasteiger partial charge in [0.05, 0.1) is 22.4 Å². The highest BCUT2D eigenvalue weighted by molar-refractivity contribution is 6.41. The van der Waals surface area contributed by atoms with Crippen molar-refractivity contribution < 1.29 is 9.13 Å². The summed E-state index contributed by atoms with van der Waals surface area (Å²) in [5.41, 5.74) is 9.59. The van der Waals surface area contributed by atoms with E-state index in [1.165, 1.54) is 6.07 Å². The first kappa shape index (κ1) is 22.4.